The van der Waals surface area contributed by atoms with Gasteiger partial charge < -0.3 is 14.8 Å². The number of nitrogens with one attached hydrogen (secondary N) is 2. The van der Waals surface area contributed by atoms with E-state index in [4.69, 9.17) is 9.47 Å². The molecule has 0 saturated heterocycles. The van der Waals surface area contributed by atoms with Gasteiger partial charge in [-0.1, -0.05) is 12.1 Å². The summed E-state index contributed by atoms with van der Waals surface area (Å²) in [5.41, 5.74) is 3.61. The number of nitrogens with zero attached hydrogens (tertiary/aromatic N) is 1. The van der Waals surface area contributed by atoms with E-state index in [0.29, 0.717) is 17.1 Å². The van der Waals surface area contributed by atoms with Crippen LogP contribution < -0.4 is 20.2 Å². The quantitative estimate of drug-likeness (QED) is 0.587. The molecule has 0 bridgehead atoms. The fourth-order valence-electron chi connectivity index (χ4n) is 2.08. The number of hydrogen-bond donors (Lipinski definition) is 2. The van der Waals surface area contributed by atoms with E-state index in [0.717, 1.165) is 5.56 Å². The van der Waals surface area contributed by atoms with Gasteiger partial charge in [0.2, 0.25) is 0 Å². The van der Waals surface area contributed by atoms with Crippen LogP contribution in [0.2, 0.25) is 0 Å². The molecule has 0 aliphatic rings. The third-order valence-electron chi connectivity index (χ3n) is 3.58. The number of methoxy groups -OCH3 is 2. The van der Waals surface area contributed by atoms with Gasteiger partial charge in [-0.25, -0.2) is 5.43 Å². The molecular weight excluding hydrogens is 334 g/mol. The van der Waals surface area contributed by atoms with E-state index in [2.05, 4.69) is 15.8 Å². The highest BCUT2D eigenvalue weighted by molar-refractivity contribution is 5.97. The summed E-state index contributed by atoms with van der Waals surface area (Å²) in [6, 6.07) is 13.1. The number of hydrogen-bond acceptors (Lipinski definition) is 5. The second-order valence-electron chi connectivity index (χ2n) is 5.43. The molecule has 7 heteroatoms. The van der Waals surface area contributed by atoms with Crippen molar-refractivity contribution in [2.24, 2.45) is 5.10 Å². The van der Waals surface area contributed by atoms with Crippen LogP contribution in [0.3, 0.4) is 0 Å². The molecule has 2 aromatic carbocycles. The van der Waals surface area contributed by atoms with Crippen LogP contribution in [-0.4, -0.2) is 38.3 Å². The first-order valence-electron chi connectivity index (χ1n) is 7.95. The summed E-state index contributed by atoms with van der Waals surface area (Å²) in [6.07, 6.45) is 1.50. The lowest BCUT2D eigenvalue weighted by Gasteiger charge is -2.12. The van der Waals surface area contributed by atoms with Crippen LogP contribution in [0.25, 0.3) is 0 Å². The second-order valence-corrected chi connectivity index (χ2v) is 5.43. The Bertz CT molecular complexity index is 788. The van der Waals surface area contributed by atoms with Gasteiger partial charge in [0, 0.05) is 5.56 Å². The number of amides is 2. The highest BCUT2D eigenvalue weighted by atomic mass is 16.5. The normalized spacial score (nSPS) is 11.7. The predicted molar refractivity (Wildman–Crippen MR) is 98.7 cm³/mol. The van der Waals surface area contributed by atoms with Crippen molar-refractivity contribution in [1.82, 2.24) is 10.7 Å². The second kappa shape index (κ2) is 9.22. The van der Waals surface area contributed by atoms with Crippen LogP contribution in [0.4, 0.5) is 0 Å². The Hall–Kier alpha value is -3.35. The van der Waals surface area contributed by atoms with Crippen molar-refractivity contribution in [1.29, 1.82) is 0 Å². The fourth-order valence-corrected chi connectivity index (χ4v) is 2.08. The SMILES string of the molecule is COc1ccc(C(=O)NC(C)C(=O)NN=Cc2cccc(OC)c2)cc1. The highest BCUT2D eigenvalue weighted by Crippen LogP contribution is 2.11. The van der Waals surface area contributed by atoms with E-state index in [-0.39, 0.29) is 5.91 Å². The largest absolute Gasteiger partial charge is 0.497 e. The third kappa shape index (κ3) is 5.34. The minimum atomic E-state index is -0.743. The summed E-state index contributed by atoms with van der Waals surface area (Å²) in [4.78, 5) is 24.2. The number of carbonyl (C=O) groups excluding carboxylic acids is 2. The van der Waals surface area contributed by atoms with Crippen LogP contribution in [0.1, 0.15) is 22.8 Å². The lowest BCUT2D eigenvalue weighted by molar-refractivity contribution is -0.122. The molecule has 1 atom stereocenters. The van der Waals surface area contributed by atoms with Crippen molar-refractivity contribution >= 4 is 18.0 Å². The molecule has 2 aromatic rings. The van der Waals surface area contributed by atoms with Crippen LogP contribution in [0.5, 0.6) is 11.5 Å². The van der Waals surface area contributed by atoms with E-state index < -0.39 is 11.9 Å². The minimum absolute atomic E-state index is 0.355. The molecule has 2 rings (SSSR count). The van der Waals surface area contributed by atoms with E-state index in [9.17, 15) is 9.59 Å². The molecule has 2 amide bonds. The van der Waals surface area contributed by atoms with Gasteiger partial charge in [0.25, 0.3) is 11.8 Å². The minimum Gasteiger partial charge on any atom is -0.497 e. The standard InChI is InChI=1S/C19H21N3O4/c1-13(21-19(24)15-7-9-16(25-2)10-8-15)18(23)22-20-12-14-5-4-6-17(11-14)26-3/h4-13H,1-3H3,(H,21,24)(H,22,23). The third-order valence-corrected chi connectivity index (χ3v) is 3.58. The number of ether oxygens (including phenoxy) is 2. The summed E-state index contributed by atoms with van der Waals surface area (Å²) in [6.45, 7) is 1.58. The zero-order valence-electron chi connectivity index (χ0n) is 14.9. The predicted octanol–water partition coefficient (Wildman–Crippen LogP) is 1.97. The average Bonchev–Trinajstić information content (AvgIpc) is 2.68. The first-order chi connectivity index (χ1) is 12.5. The lowest BCUT2D eigenvalue weighted by atomic mass is 10.2. The molecule has 0 radical (unpaired) electrons. The van der Waals surface area contributed by atoms with Gasteiger partial charge in [-0.15, -0.1) is 0 Å². The smallest absolute Gasteiger partial charge is 0.262 e. The maximum Gasteiger partial charge on any atom is 0.262 e. The summed E-state index contributed by atoms with van der Waals surface area (Å²) >= 11 is 0. The topological polar surface area (TPSA) is 89.0 Å². The molecule has 0 heterocycles. The van der Waals surface area contributed by atoms with Crippen LogP contribution in [0, 0.1) is 0 Å². The fraction of sp³-hybridized carbons (Fsp3) is 0.211. The van der Waals surface area contributed by atoms with Gasteiger partial charge in [-0.2, -0.15) is 5.10 Å². The van der Waals surface area contributed by atoms with Crippen molar-refractivity contribution < 1.29 is 19.1 Å². The van der Waals surface area contributed by atoms with Crippen molar-refractivity contribution in [3.8, 4) is 11.5 Å². The van der Waals surface area contributed by atoms with Gasteiger partial charge in [-0.05, 0) is 48.9 Å². The number of rotatable bonds is 7. The lowest BCUT2D eigenvalue weighted by Crippen LogP contribution is -2.43. The number of hydrazone groups is 1. The molecule has 0 aliphatic carbocycles. The molecular formula is C19H21N3O4. The van der Waals surface area contributed by atoms with Gasteiger partial charge in [-0.3, -0.25) is 9.59 Å². The monoisotopic (exact) mass is 355 g/mol. The van der Waals surface area contributed by atoms with Crippen LogP contribution >= 0.6 is 0 Å². The zero-order chi connectivity index (χ0) is 18.9. The summed E-state index contributed by atoms with van der Waals surface area (Å²) in [7, 11) is 3.12. The van der Waals surface area contributed by atoms with Crippen LogP contribution in [-0.2, 0) is 4.79 Å². The Labute approximate surface area is 152 Å². The molecule has 0 saturated carbocycles. The molecule has 1 unspecified atom stereocenters. The summed E-state index contributed by atoms with van der Waals surface area (Å²) < 4.78 is 10.2. The Balaban J connectivity index is 1.87. The molecule has 0 spiro atoms. The molecule has 0 aliphatic heterocycles. The van der Waals surface area contributed by atoms with E-state index in [1.807, 2.05) is 18.2 Å². The summed E-state index contributed by atoms with van der Waals surface area (Å²) in [5.74, 6) is 0.567. The van der Waals surface area contributed by atoms with Gasteiger partial charge >= 0.3 is 0 Å². The average molecular weight is 355 g/mol. The van der Waals surface area contributed by atoms with Crippen molar-refractivity contribution in [3.05, 3.63) is 59.7 Å². The Morgan fingerprint density at radius 2 is 1.73 bits per heavy atom. The van der Waals surface area contributed by atoms with E-state index >= 15 is 0 Å². The van der Waals surface area contributed by atoms with Crippen LogP contribution in [0.15, 0.2) is 53.6 Å². The van der Waals surface area contributed by atoms with Gasteiger partial charge in [0.1, 0.15) is 17.5 Å². The number of benzene rings is 2. The Morgan fingerprint density at radius 3 is 2.38 bits per heavy atom. The van der Waals surface area contributed by atoms with Crippen molar-refractivity contribution in [2.45, 2.75) is 13.0 Å². The molecule has 0 aromatic heterocycles. The van der Waals surface area contributed by atoms with E-state index in [1.165, 1.54) is 6.21 Å². The Morgan fingerprint density at radius 1 is 1.04 bits per heavy atom. The van der Waals surface area contributed by atoms with E-state index in [1.54, 1.807) is 51.5 Å². The zero-order valence-corrected chi connectivity index (χ0v) is 14.9. The maximum absolute atomic E-state index is 12.1. The first kappa shape index (κ1) is 19.0. The van der Waals surface area contributed by atoms with Gasteiger partial charge in [0.05, 0.1) is 20.4 Å². The van der Waals surface area contributed by atoms with Crippen molar-refractivity contribution in [2.75, 3.05) is 14.2 Å². The maximum atomic E-state index is 12.1. The Kier molecular flexibility index (Phi) is 6.73. The van der Waals surface area contributed by atoms with Crippen molar-refractivity contribution in [3.63, 3.8) is 0 Å². The molecule has 2 N–H and O–H groups in total. The molecule has 0 fully saturated rings. The highest BCUT2D eigenvalue weighted by Gasteiger charge is 2.16. The molecule has 136 valence electrons. The molecule has 26 heavy (non-hydrogen) atoms. The first-order valence-corrected chi connectivity index (χ1v) is 7.95. The summed E-state index contributed by atoms with van der Waals surface area (Å²) in [5, 5.41) is 6.51. The van der Waals surface area contributed by atoms with Gasteiger partial charge in [0.15, 0.2) is 0 Å². The number of carbonyl (C=O) groups is 2. The molecule has 7 nitrogen and oxygen atoms in total.